The van der Waals surface area contributed by atoms with Crippen LogP contribution in [0, 0.1) is 0 Å². The first-order chi connectivity index (χ1) is 15.6. The van der Waals surface area contributed by atoms with Crippen molar-refractivity contribution in [1.82, 2.24) is 19.5 Å². The highest BCUT2D eigenvalue weighted by molar-refractivity contribution is 7.90. The molecular weight excluding hydrogens is 448 g/mol. The van der Waals surface area contributed by atoms with Crippen molar-refractivity contribution in [1.29, 1.82) is 0 Å². The lowest BCUT2D eigenvalue weighted by Gasteiger charge is -2.23. The zero-order chi connectivity index (χ0) is 24.2. The third kappa shape index (κ3) is 5.32. The summed E-state index contributed by atoms with van der Waals surface area (Å²) in [4.78, 5) is 16.6. The number of aromatic nitrogens is 3. The number of hydrogen-bond acceptors (Lipinski definition) is 8. The smallest absolute Gasteiger partial charge is 0.283 e. The number of sulfonamides is 1. The van der Waals surface area contributed by atoms with Crippen LogP contribution in [0.4, 0.5) is 0 Å². The molecule has 2 N–H and O–H groups in total. The van der Waals surface area contributed by atoms with Gasteiger partial charge >= 0.3 is 0 Å². The zero-order valence-electron chi connectivity index (χ0n) is 18.8. The molecule has 176 valence electrons. The number of carbonyl (C=O) groups excluding carboxylic acids is 1. The minimum absolute atomic E-state index is 0.0334. The van der Waals surface area contributed by atoms with Crippen LogP contribution in [-0.4, -0.2) is 48.4 Å². The van der Waals surface area contributed by atoms with E-state index in [-0.39, 0.29) is 22.2 Å². The van der Waals surface area contributed by atoms with E-state index in [9.17, 15) is 18.3 Å². The lowest BCUT2D eigenvalue weighted by molar-refractivity contribution is 0.0528. The molecule has 10 nitrogen and oxygen atoms in total. The summed E-state index contributed by atoms with van der Waals surface area (Å²) in [6.45, 7) is 3.71. The van der Waals surface area contributed by atoms with Gasteiger partial charge in [-0.25, -0.2) is 18.1 Å². The van der Waals surface area contributed by atoms with E-state index < -0.39 is 21.5 Å². The van der Waals surface area contributed by atoms with E-state index in [1.165, 1.54) is 32.4 Å². The molecule has 3 aromatic rings. The summed E-state index contributed by atoms with van der Waals surface area (Å²) >= 11 is 0. The first kappa shape index (κ1) is 24.2. The van der Waals surface area contributed by atoms with Crippen LogP contribution in [-0.2, 0) is 22.2 Å². The van der Waals surface area contributed by atoms with Crippen molar-refractivity contribution in [3.63, 3.8) is 0 Å². The third-order valence-corrected chi connectivity index (χ3v) is 6.60. The molecule has 1 atom stereocenters. The van der Waals surface area contributed by atoms with Gasteiger partial charge < -0.3 is 14.6 Å². The predicted octanol–water partition coefficient (Wildman–Crippen LogP) is 2.08. The monoisotopic (exact) mass is 474 g/mol. The van der Waals surface area contributed by atoms with E-state index >= 15 is 0 Å². The number of rotatable bonds is 9. The van der Waals surface area contributed by atoms with Crippen molar-refractivity contribution in [2.24, 2.45) is 0 Å². The Morgan fingerprint density at radius 3 is 2.58 bits per heavy atom. The predicted molar refractivity (Wildman–Crippen MR) is 120 cm³/mol. The van der Waals surface area contributed by atoms with Crippen LogP contribution in [0.3, 0.4) is 0 Å². The highest BCUT2D eigenvalue weighted by Gasteiger charge is 2.28. The molecule has 0 aliphatic heterocycles. The van der Waals surface area contributed by atoms with Gasteiger partial charge in [0.2, 0.25) is 5.88 Å². The molecule has 1 unspecified atom stereocenters. The molecule has 0 saturated heterocycles. The number of pyridine rings is 1. The lowest BCUT2D eigenvalue weighted by Crippen LogP contribution is -2.32. The molecule has 0 aliphatic carbocycles. The maximum absolute atomic E-state index is 13.0. The second-order valence-electron chi connectivity index (χ2n) is 7.50. The summed E-state index contributed by atoms with van der Waals surface area (Å²) in [6.07, 6.45) is 3.76. The Morgan fingerprint density at radius 2 is 1.97 bits per heavy atom. The van der Waals surface area contributed by atoms with E-state index in [0.29, 0.717) is 24.1 Å². The Labute approximate surface area is 192 Å². The molecule has 1 amide bonds. The van der Waals surface area contributed by atoms with Crippen molar-refractivity contribution < 1.29 is 27.8 Å². The fraction of sp³-hybridized carbons (Fsp3) is 0.318. The fourth-order valence-electron chi connectivity index (χ4n) is 3.12. The Balaban J connectivity index is 1.90. The van der Waals surface area contributed by atoms with Gasteiger partial charge in [-0.1, -0.05) is 13.0 Å². The maximum atomic E-state index is 13.0. The van der Waals surface area contributed by atoms with Crippen LogP contribution >= 0.6 is 0 Å². The number of benzene rings is 1. The molecule has 0 saturated carbocycles. The third-order valence-electron chi connectivity index (χ3n) is 5.25. The van der Waals surface area contributed by atoms with Crippen molar-refractivity contribution in [3.8, 4) is 11.6 Å². The van der Waals surface area contributed by atoms with Gasteiger partial charge in [-0.3, -0.25) is 9.48 Å². The van der Waals surface area contributed by atoms with E-state index in [0.717, 1.165) is 0 Å². The molecular formula is C22H26N4O6S. The van der Waals surface area contributed by atoms with E-state index in [4.69, 9.17) is 9.47 Å². The van der Waals surface area contributed by atoms with E-state index in [2.05, 4.69) is 10.1 Å². The number of methoxy groups -OCH3 is 2. The average Bonchev–Trinajstić information content (AvgIpc) is 3.31. The van der Waals surface area contributed by atoms with Crippen LogP contribution in [0.15, 0.2) is 53.7 Å². The van der Waals surface area contributed by atoms with Crippen molar-refractivity contribution >= 4 is 15.9 Å². The van der Waals surface area contributed by atoms with Gasteiger partial charge in [0.05, 0.1) is 26.4 Å². The Hall–Kier alpha value is -3.44. The summed E-state index contributed by atoms with van der Waals surface area (Å²) < 4.78 is 40.2. The molecule has 1 aromatic carbocycles. The molecule has 0 aliphatic rings. The van der Waals surface area contributed by atoms with E-state index in [1.807, 2.05) is 4.72 Å². The zero-order valence-corrected chi connectivity index (χ0v) is 19.6. The molecule has 2 heterocycles. The van der Waals surface area contributed by atoms with Gasteiger partial charge in [0, 0.05) is 18.0 Å². The quantitative estimate of drug-likeness (QED) is 0.482. The Morgan fingerprint density at radius 1 is 1.21 bits per heavy atom. The summed E-state index contributed by atoms with van der Waals surface area (Å²) in [5, 5.41) is 14.6. The Kier molecular flexibility index (Phi) is 7.04. The number of carbonyl (C=O) groups is 1. The molecule has 0 radical (unpaired) electrons. The normalized spacial score (nSPS) is 13.2. The van der Waals surface area contributed by atoms with Crippen LogP contribution in [0.25, 0.3) is 0 Å². The largest absolute Gasteiger partial charge is 0.495 e. The molecule has 3 rings (SSSR count). The van der Waals surface area contributed by atoms with Gasteiger partial charge in [0.15, 0.2) is 0 Å². The summed E-state index contributed by atoms with van der Waals surface area (Å²) in [5.74, 6) is -0.728. The average molecular weight is 475 g/mol. The van der Waals surface area contributed by atoms with Gasteiger partial charge in [-0.15, -0.1) is 0 Å². The SMILES string of the molecule is CCC(C)(O)c1ccc(OC)c(S(=O)(=O)NC(=O)c2ccc(Cn3cccn3)c(OC)n2)c1. The number of ether oxygens (including phenoxy) is 2. The summed E-state index contributed by atoms with van der Waals surface area (Å²) in [6, 6.07) is 9.10. The van der Waals surface area contributed by atoms with Crippen molar-refractivity contribution in [2.75, 3.05) is 14.2 Å². The molecule has 2 aromatic heterocycles. The summed E-state index contributed by atoms with van der Waals surface area (Å²) in [7, 11) is -1.62. The number of nitrogens with one attached hydrogen (secondary N) is 1. The molecule has 11 heteroatoms. The van der Waals surface area contributed by atoms with Crippen molar-refractivity contribution in [2.45, 2.75) is 37.3 Å². The van der Waals surface area contributed by atoms with Gasteiger partial charge in [0.1, 0.15) is 16.3 Å². The molecule has 0 spiro atoms. The Bertz CT molecular complexity index is 1240. The number of nitrogens with zero attached hydrogens (tertiary/aromatic N) is 3. The molecule has 33 heavy (non-hydrogen) atoms. The number of hydrogen-bond donors (Lipinski definition) is 2. The second-order valence-corrected chi connectivity index (χ2v) is 9.15. The molecule has 0 fully saturated rings. The van der Waals surface area contributed by atoms with Crippen LogP contribution < -0.4 is 14.2 Å². The first-order valence-electron chi connectivity index (χ1n) is 10.1. The lowest BCUT2D eigenvalue weighted by atomic mass is 9.93. The maximum Gasteiger partial charge on any atom is 0.283 e. The summed E-state index contributed by atoms with van der Waals surface area (Å²) in [5.41, 5.74) is -0.353. The minimum atomic E-state index is -4.34. The topological polar surface area (TPSA) is 133 Å². The second kappa shape index (κ2) is 9.59. The number of aliphatic hydroxyl groups is 1. The van der Waals surface area contributed by atoms with Crippen LogP contribution in [0.2, 0.25) is 0 Å². The van der Waals surface area contributed by atoms with Crippen molar-refractivity contribution in [3.05, 3.63) is 65.6 Å². The van der Waals surface area contributed by atoms with E-state index in [1.54, 1.807) is 49.1 Å². The first-order valence-corrected chi connectivity index (χ1v) is 11.6. The highest BCUT2D eigenvalue weighted by Crippen LogP contribution is 2.31. The standard InChI is InChI=1S/C22H26N4O6S/c1-5-22(2,28)16-8-10-18(31-3)19(13-16)33(29,30)25-20(27)17-9-7-15(21(24-17)32-4)14-26-12-6-11-23-26/h6-13,28H,5,14H2,1-4H3,(H,25,27). The van der Waals surface area contributed by atoms with Crippen LogP contribution in [0.1, 0.15) is 41.9 Å². The highest BCUT2D eigenvalue weighted by atomic mass is 32.2. The molecule has 0 bridgehead atoms. The fourth-order valence-corrected chi connectivity index (χ4v) is 4.27. The van der Waals surface area contributed by atoms with Gasteiger partial charge in [0.25, 0.3) is 15.9 Å². The van der Waals surface area contributed by atoms with Gasteiger partial charge in [-0.2, -0.15) is 5.10 Å². The number of amides is 1. The minimum Gasteiger partial charge on any atom is -0.495 e. The van der Waals surface area contributed by atoms with Crippen LogP contribution in [0.5, 0.6) is 11.6 Å². The van der Waals surface area contributed by atoms with Gasteiger partial charge in [-0.05, 0) is 49.2 Å².